The first-order valence-electron chi connectivity index (χ1n) is 7.29. The fourth-order valence-corrected chi connectivity index (χ4v) is 2.41. The summed E-state index contributed by atoms with van der Waals surface area (Å²) in [6.07, 6.45) is 0. The van der Waals surface area contributed by atoms with Crippen molar-refractivity contribution in [2.75, 3.05) is 12.4 Å². The van der Waals surface area contributed by atoms with E-state index in [0.29, 0.717) is 5.56 Å². The summed E-state index contributed by atoms with van der Waals surface area (Å²) in [6.45, 7) is -1.47. The van der Waals surface area contributed by atoms with Crippen LogP contribution >= 0.6 is 11.6 Å². The molecule has 0 radical (unpaired) electrons. The smallest absolute Gasteiger partial charge is 0.387 e. The molecular weight excluding hydrogens is 357 g/mol. The summed E-state index contributed by atoms with van der Waals surface area (Å²) in [4.78, 5) is 13.5. The monoisotopic (exact) mass is 372 g/mol. The number of nitrogens with zero attached hydrogens (tertiary/aromatic N) is 1. The lowest BCUT2D eigenvalue weighted by Crippen LogP contribution is -2.31. The lowest BCUT2D eigenvalue weighted by atomic mass is 10.2. The molecule has 8 heteroatoms. The number of aryl methyl sites for hydroxylation is 1. The lowest BCUT2D eigenvalue weighted by Gasteiger charge is -2.21. The molecule has 2 amide bonds. The number of benzene rings is 2. The van der Waals surface area contributed by atoms with E-state index >= 15 is 0 Å². The number of amides is 2. The summed E-state index contributed by atoms with van der Waals surface area (Å²) >= 11 is 5.94. The fourth-order valence-electron chi connectivity index (χ4n) is 2.19. The van der Waals surface area contributed by atoms with Crippen molar-refractivity contribution < 1.29 is 22.7 Å². The molecule has 134 valence electrons. The first-order valence-corrected chi connectivity index (χ1v) is 7.66. The molecule has 0 aromatic heterocycles. The molecule has 2 aromatic carbocycles. The number of ether oxygens (including phenoxy) is 1. The van der Waals surface area contributed by atoms with E-state index in [-0.39, 0.29) is 28.6 Å². The molecular formula is C17H16ClF3N2O2. The molecule has 0 unspecified atom stereocenters. The minimum absolute atomic E-state index is 0.0890. The summed E-state index contributed by atoms with van der Waals surface area (Å²) in [6, 6.07) is 8.09. The van der Waals surface area contributed by atoms with Gasteiger partial charge >= 0.3 is 12.6 Å². The van der Waals surface area contributed by atoms with Gasteiger partial charge in [-0.25, -0.2) is 9.18 Å². The van der Waals surface area contributed by atoms with Crippen molar-refractivity contribution in [3.05, 3.63) is 58.4 Å². The molecule has 0 aliphatic rings. The SMILES string of the molecule is Cc1cccc(OC(F)F)c1NC(=O)N(C)Cc1c(F)cccc1Cl. The van der Waals surface area contributed by atoms with Gasteiger partial charge in [0.05, 0.1) is 12.2 Å². The molecule has 0 heterocycles. The van der Waals surface area contributed by atoms with Crippen molar-refractivity contribution >= 4 is 23.3 Å². The van der Waals surface area contributed by atoms with Crippen LogP contribution in [0.4, 0.5) is 23.7 Å². The molecule has 0 aliphatic carbocycles. The highest BCUT2D eigenvalue weighted by Crippen LogP contribution is 2.30. The predicted molar refractivity (Wildman–Crippen MR) is 89.7 cm³/mol. The van der Waals surface area contributed by atoms with Gasteiger partial charge < -0.3 is 15.0 Å². The Morgan fingerprint density at radius 1 is 1.28 bits per heavy atom. The van der Waals surface area contributed by atoms with Crippen LogP contribution in [0.15, 0.2) is 36.4 Å². The Hall–Kier alpha value is -2.41. The molecule has 0 atom stereocenters. The molecule has 2 rings (SSSR count). The summed E-state index contributed by atoms with van der Waals surface area (Å²) < 4.78 is 43.2. The van der Waals surface area contributed by atoms with Crippen LogP contribution in [0.25, 0.3) is 0 Å². The summed E-state index contributed by atoms with van der Waals surface area (Å²) in [5, 5.41) is 2.70. The van der Waals surface area contributed by atoms with Gasteiger partial charge in [0.15, 0.2) is 0 Å². The van der Waals surface area contributed by atoms with Crippen LogP contribution in [0.5, 0.6) is 5.75 Å². The van der Waals surface area contributed by atoms with Gasteiger partial charge in [-0.05, 0) is 30.7 Å². The summed E-state index contributed by atoms with van der Waals surface area (Å²) in [7, 11) is 1.43. The highest BCUT2D eigenvalue weighted by molar-refractivity contribution is 6.31. The predicted octanol–water partition coefficient (Wildman–Crippen LogP) is 5.05. The molecule has 1 N–H and O–H groups in total. The summed E-state index contributed by atoms with van der Waals surface area (Å²) in [5.41, 5.74) is 0.832. The van der Waals surface area contributed by atoms with Crippen molar-refractivity contribution in [2.45, 2.75) is 20.1 Å². The quantitative estimate of drug-likeness (QED) is 0.797. The van der Waals surface area contributed by atoms with Crippen LogP contribution in [0.3, 0.4) is 0 Å². The van der Waals surface area contributed by atoms with Gasteiger partial charge in [-0.3, -0.25) is 0 Å². The molecule has 0 fully saturated rings. The van der Waals surface area contributed by atoms with Crippen molar-refractivity contribution in [3.8, 4) is 5.75 Å². The zero-order valence-corrected chi connectivity index (χ0v) is 14.3. The standard InChI is InChI=1S/C17H16ClF3N2O2/c1-10-5-3-8-14(25-16(20)21)15(10)22-17(24)23(2)9-11-12(18)6-4-7-13(11)19/h3-8,16H,9H2,1-2H3,(H,22,24). The fraction of sp³-hybridized carbons (Fsp3) is 0.235. The van der Waals surface area contributed by atoms with Gasteiger partial charge in [-0.2, -0.15) is 8.78 Å². The maximum absolute atomic E-state index is 13.8. The van der Waals surface area contributed by atoms with Crippen molar-refractivity contribution in [2.24, 2.45) is 0 Å². The minimum atomic E-state index is -3.02. The second-order valence-corrected chi connectivity index (χ2v) is 5.72. The molecule has 0 saturated heterocycles. The van der Waals surface area contributed by atoms with Gasteiger partial charge in [-0.15, -0.1) is 0 Å². The van der Waals surface area contributed by atoms with E-state index < -0.39 is 18.5 Å². The Morgan fingerprint density at radius 3 is 2.60 bits per heavy atom. The highest BCUT2D eigenvalue weighted by Gasteiger charge is 2.18. The molecule has 0 saturated carbocycles. The second-order valence-electron chi connectivity index (χ2n) is 5.31. The van der Waals surface area contributed by atoms with Crippen LogP contribution in [-0.4, -0.2) is 24.6 Å². The van der Waals surface area contributed by atoms with Crippen LogP contribution in [0.2, 0.25) is 5.02 Å². The van der Waals surface area contributed by atoms with E-state index in [1.54, 1.807) is 13.0 Å². The van der Waals surface area contributed by atoms with E-state index in [4.69, 9.17) is 11.6 Å². The van der Waals surface area contributed by atoms with E-state index in [0.717, 1.165) is 0 Å². The van der Waals surface area contributed by atoms with Crippen molar-refractivity contribution in [1.82, 2.24) is 4.90 Å². The number of para-hydroxylation sites is 1. The van der Waals surface area contributed by atoms with E-state index in [1.807, 2.05) is 0 Å². The lowest BCUT2D eigenvalue weighted by molar-refractivity contribution is -0.0493. The highest BCUT2D eigenvalue weighted by atomic mass is 35.5. The van der Waals surface area contributed by atoms with E-state index in [1.165, 1.54) is 42.3 Å². The Balaban J connectivity index is 2.17. The van der Waals surface area contributed by atoms with Gasteiger partial charge in [0.25, 0.3) is 0 Å². The maximum atomic E-state index is 13.8. The average molecular weight is 373 g/mol. The molecule has 2 aromatic rings. The molecule has 4 nitrogen and oxygen atoms in total. The van der Waals surface area contributed by atoms with Gasteiger partial charge in [0.2, 0.25) is 0 Å². The zero-order valence-electron chi connectivity index (χ0n) is 13.5. The molecule has 0 bridgehead atoms. The van der Waals surface area contributed by atoms with Crippen molar-refractivity contribution in [3.63, 3.8) is 0 Å². The Kier molecular flexibility index (Phi) is 6.14. The topological polar surface area (TPSA) is 41.6 Å². The molecule has 25 heavy (non-hydrogen) atoms. The largest absolute Gasteiger partial charge is 0.433 e. The minimum Gasteiger partial charge on any atom is -0.433 e. The number of nitrogens with one attached hydrogen (secondary N) is 1. The summed E-state index contributed by atoms with van der Waals surface area (Å²) in [5.74, 6) is -0.689. The first kappa shape index (κ1) is 18.9. The van der Waals surface area contributed by atoms with Crippen molar-refractivity contribution in [1.29, 1.82) is 0 Å². The Bertz CT molecular complexity index is 751. The number of carbonyl (C=O) groups excluding carboxylic acids is 1. The first-order chi connectivity index (χ1) is 11.8. The van der Waals surface area contributed by atoms with Gasteiger partial charge in [0.1, 0.15) is 11.6 Å². The van der Waals surface area contributed by atoms with E-state index in [2.05, 4.69) is 10.1 Å². The molecule has 0 spiro atoms. The van der Waals surface area contributed by atoms with Crippen LogP contribution in [0, 0.1) is 12.7 Å². The maximum Gasteiger partial charge on any atom is 0.387 e. The second kappa shape index (κ2) is 8.11. The number of rotatable bonds is 5. The number of urea groups is 1. The number of hydrogen-bond acceptors (Lipinski definition) is 2. The number of anilines is 1. The third kappa shape index (κ3) is 4.79. The molecule has 0 aliphatic heterocycles. The Labute approximate surface area is 148 Å². The normalized spacial score (nSPS) is 10.7. The number of carbonyl (C=O) groups is 1. The van der Waals surface area contributed by atoms with Gasteiger partial charge in [0, 0.05) is 17.6 Å². The van der Waals surface area contributed by atoms with Crippen LogP contribution in [0.1, 0.15) is 11.1 Å². The number of alkyl halides is 2. The zero-order chi connectivity index (χ0) is 18.6. The number of hydrogen-bond donors (Lipinski definition) is 1. The third-order valence-corrected chi connectivity index (χ3v) is 3.84. The average Bonchev–Trinajstić information content (AvgIpc) is 2.53. The Morgan fingerprint density at radius 2 is 1.96 bits per heavy atom. The third-order valence-electron chi connectivity index (χ3n) is 3.49. The van der Waals surface area contributed by atoms with Crippen LogP contribution in [-0.2, 0) is 6.54 Å². The van der Waals surface area contributed by atoms with Crippen LogP contribution < -0.4 is 10.1 Å². The van der Waals surface area contributed by atoms with Gasteiger partial charge in [-0.1, -0.05) is 29.8 Å². The van der Waals surface area contributed by atoms with E-state index in [9.17, 15) is 18.0 Å². The number of halogens is 4.